The maximum Gasteiger partial charge on any atom is 0.142 e. The SMILES string of the molecule is O=C/C=C/c1c(F)cccc1F. The molecule has 1 aromatic carbocycles. The molecule has 0 amide bonds. The molecule has 3 heteroatoms. The molecule has 1 rings (SSSR count). The van der Waals surface area contributed by atoms with Crippen LogP contribution in [0.1, 0.15) is 5.56 Å². The second-order valence-electron chi connectivity index (χ2n) is 2.13. The van der Waals surface area contributed by atoms with Gasteiger partial charge in [0.05, 0.1) is 0 Å². The number of rotatable bonds is 2. The average Bonchev–Trinajstić information content (AvgIpc) is 2.04. The first-order valence-corrected chi connectivity index (χ1v) is 3.31. The van der Waals surface area contributed by atoms with Crippen molar-refractivity contribution in [2.45, 2.75) is 0 Å². The van der Waals surface area contributed by atoms with Gasteiger partial charge in [-0.1, -0.05) is 6.07 Å². The third kappa shape index (κ3) is 1.75. The van der Waals surface area contributed by atoms with Gasteiger partial charge in [0.25, 0.3) is 0 Å². The average molecular weight is 168 g/mol. The van der Waals surface area contributed by atoms with E-state index in [0.29, 0.717) is 6.29 Å². The van der Waals surface area contributed by atoms with Crippen molar-refractivity contribution in [3.8, 4) is 0 Å². The van der Waals surface area contributed by atoms with Crippen LogP contribution in [0.15, 0.2) is 24.3 Å². The quantitative estimate of drug-likeness (QED) is 0.488. The Balaban J connectivity index is 3.12. The van der Waals surface area contributed by atoms with E-state index < -0.39 is 11.6 Å². The summed E-state index contributed by atoms with van der Waals surface area (Å²) in [5.41, 5.74) is -0.190. The monoisotopic (exact) mass is 168 g/mol. The van der Waals surface area contributed by atoms with Gasteiger partial charge in [-0.3, -0.25) is 4.79 Å². The molecular weight excluding hydrogens is 162 g/mol. The summed E-state index contributed by atoms with van der Waals surface area (Å²) in [7, 11) is 0. The van der Waals surface area contributed by atoms with Crippen LogP contribution in [0.5, 0.6) is 0 Å². The van der Waals surface area contributed by atoms with Crippen molar-refractivity contribution in [3.05, 3.63) is 41.5 Å². The van der Waals surface area contributed by atoms with Gasteiger partial charge in [0.1, 0.15) is 17.9 Å². The molecule has 1 aromatic rings. The number of hydrogen-bond acceptors (Lipinski definition) is 1. The van der Waals surface area contributed by atoms with Crippen molar-refractivity contribution < 1.29 is 13.6 Å². The van der Waals surface area contributed by atoms with Gasteiger partial charge in [-0.25, -0.2) is 8.78 Å². The second-order valence-corrected chi connectivity index (χ2v) is 2.13. The van der Waals surface area contributed by atoms with Crippen LogP contribution >= 0.6 is 0 Å². The molecule has 0 spiro atoms. The molecule has 0 saturated carbocycles. The third-order valence-electron chi connectivity index (χ3n) is 1.34. The van der Waals surface area contributed by atoms with Crippen LogP contribution in [-0.2, 0) is 4.79 Å². The molecule has 0 N–H and O–H groups in total. The summed E-state index contributed by atoms with van der Waals surface area (Å²) in [6.45, 7) is 0. The number of allylic oxidation sites excluding steroid dienone is 1. The first-order chi connectivity index (χ1) is 5.75. The van der Waals surface area contributed by atoms with Gasteiger partial charge in [-0.15, -0.1) is 0 Å². The highest BCUT2D eigenvalue weighted by molar-refractivity contribution is 5.74. The number of carbonyl (C=O) groups excluding carboxylic acids is 1. The molecule has 62 valence electrons. The van der Waals surface area contributed by atoms with Gasteiger partial charge in [0, 0.05) is 5.56 Å². The molecular formula is C9H6F2O. The molecule has 12 heavy (non-hydrogen) atoms. The fraction of sp³-hybridized carbons (Fsp3) is 0. The summed E-state index contributed by atoms with van der Waals surface area (Å²) < 4.78 is 25.5. The van der Waals surface area contributed by atoms with Gasteiger partial charge >= 0.3 is 0 Å². The third-order valence-corrected chi connectivity index (χ3v) is 1.34. The lowest BCUT2D eigenvalue weighted by molar-refractivity contribution is -0.104. The van der Waals surface area contributed by atoms with Gasteiger partial charge in [-0.05, 0) is 24.3 Å². The molecule has 0 fully saturated rings. The molecule has 1 nitrogen and oxygen atoms in total. The van der Waals surface area contributed by atoms with Crippen LogP contribution in [0.2, 0.25) is 0 Å². The Hall–Kier alpha value is -1.51. The first-order valence-electron chi connectivity index (χ1n) is 3.31. The van der Waals surface area contributed by atoms with Crippen molar-refractivity contribution >= 4 is 12.4 Å². The van der Waals surface area contributed by atoms with Crippen LogP contribution in [0, 0.1) is 11.6 Å². The Kier molecular flexibility index (Phi) is 2.69. The van der Waals surface area contributed by atoms with Crippen molar-refractivity contribution in [3.63, 3.8) is 0 Å². The predicted octanol–water partition coefficient (Wildman–Crippen LogP) is 2.18. The van der Waals surface area contributed by atoms with Gasteiger partial charge in [0.2, 0.25) is 0 Å². The number of aldehydes is 1. The molecule has 0 aliphatic rings. The number of hydrogen-bond donors (Lipinski definition) is 0. The maximum absolute atomic E-state index is 12.8. The van der Waals surface area contributed by atoms with E-state index in [1.165, 1.54) is 6.07 Å². The predicted molar refractivity (Wildman–Crippen MR) is 41.5 cm³/mol. The van der Waals surface area contributed by atoms with Gasteiger partial charge in [0.15, 0.2) is 0 Å². The van der Waals surface area contributed by atoms with E-state index in [1.807, 2.05) is 0 Å². The Morgan fingerprint density at radius 1 is 1.17 bits per heavy atom. The topological polar surface area (TPSA) is 17.1 Å². The summed E-state index contributed by atoms with van der Waals surface area (Å²) in [5, 5.41) is 0. The molecule has 0 heterocycles. The van der Waals surface area contributed by atoms with E-state index in [0.717, 1.165) is 24.3 Å². The standard InChI is InChI=1S/C9H6F2O/c10-8-4-1-5-9(11)7(8)3-2-6-12/h1-6H/b3-2+. The highest BCUT2D eigenvalue weighted by Crippen LogP contribution is 2.12. The Labute approximate surface area is 68.3 Å². The van der Waals surface area contributed by atoms with E-state index in [4.69, 9.17) is 0 Å². The van der Waals surface area contributed by atoms with Crippen LogP contribution in [0.3, 0.4) is 0 Å². The van der Waals surface area contributed by atoms with Crippen LogP contribution in [0.4, 0.5) is 8.78 Å². The fourth-order valence-corrected chi connectivity index (χ4v) is 0.805. The van der Waals surface area contributed by atoms with Crippen LogP contribution in [0.25, 0.3) is 6.08 Å². The molecule has 0 aromatic heterocycles. The molecule has 0 radical (unpaired) electrons. The normalized spacial score (nSPS) is 10.5. The lowest BCUT2D eigenvalue weighted by Crippen LogP contribution is -1.86. The van der Waals surface area contributed by atoms with Crippen molar-refractivity contribution in [2.75, 3.05) is 0 Å². The molecule has 0 atom stereocenters. The van der Waals surface area contributed by atoms with Crippen molar-refractivity contribution in [2.24, 2.45) is 0 Å². The van der Waals surface area contributed by atoms with Crippen molar-refractivity contribution in [1.82, 2.24) is 0 Å². The largest absolute Gasteiger partial charge is 0.299 e. The summed E-state index contributed by atoms with van der Waals surface area (Å²) in [4.78, 5) is 9.87. The van der Waals surface area contributed by atoms with Gasteiger partial charge < -0.3 is 0 Å². The van der Waals surface area contributed by atoms with Crippen LogP contribution < -0.4 is 0 Å². The van der Waals surface area contributed by atoms with E-state index in [9.17, 15) is 13.6 Å². The minimum Gasteiger partial charge on any atom is -0.299 e. The summed E-state index contributed by atoms with van der Waals surface area (Å²) in [5.74, 6) is -1.35. The number of carbonyl (C=O) groups is 1. The Bertz CT molecular complexity index is 298. The zero-order chi connectivity index (χ0) is 8.97. The lowest BCUT2D eigenvalue weighted by atomic mass is 10.2. The Morgan fingerprint density at radius 3 is 2.25 bits per heavy atom. The lowest BCUT2D eigenvalue weighted by Gasteiger charge is -1.96. The molecule has 0 aliphatic carbocycles. The van der Waals surface area contributed by atoms with Gasteiger partial charge in [-0.2, -0.15) is 0 Å². The smallest absolute Gasteiger partial charge is 0.142 e. The fourth-order valence-electron chi connectivity index (χ4n) is 0.805. The molecule has 0 aliphatic heterocycles. The second kappa shape index (κ2) is 3.76. The van der Waals surface area contributed by atoms with E-state index in [1.54, 1.807) is 0 Å². The van der Waals surface area contributed by atoms with E-state index >= 15 is 0 Å². The van der Waals surface area contributed by atoms with E-state index in [-0.39, 0.29) is 5.56 Å². The molecule has 0 unspecified atom stereocenters. The minimum absolute atomic E-state index is 0.190. The number of halogens is 2. The summed E-state index contributed by atoms with van der Waals surface area (Å²) in [6.07, 6.45) is 2.60. The summed E-state index contributed by atoms with van der Waals surface area (Å²) in [6, 6.07) is 3.53. The molecule has 0 bridgehead atoms. The summed E-state index contributed by atoms with van der Waals surface area (Å²) >= 11 is 0. The zero-order valence-corrected chi connectivity index (χ0v) is 6.13. The molecule has 0 saturated heterocycles. The Morgan fingerprint density at radius 2 is 1.75 bits per heavy atom. The van der Waals surface area contributed by atoms with Crippen LogP contribution in [-0.4, -0.2) is 6.29 Å². The maximum atomic E-state index is 12.8. The minimum atomic E-state index is -0.673. The van der Waals surface area contributed by atoms with E-state index in [2.05, 4.69) is 0 Å². The highest BCUT2D eigenvalue weighted by atomic mass is 19.1. The van der Waals surface area contributed by atoms with Crippen molar-refractivity contribution in [1.29, 1.82) is 0 Å². The first kappa shape index (κ1) is 8.59. The zero-order valence-electron chi connectivity index (χ0n) is 6.13. The number of benzene rings is 1. The highest BCUT2D eigenvalue weighted by Gasteiger charge is 2.02.